The Kier molecular flexibility index (Phi) is 5.12. The van der Waals surface area contributed by atoms with Gasteiger partial charge in [-0.3, -0.25) is 0 Å². The molecular formula is C13H20N4S. The summed E-state index contributed by atoms with van der Waals surface area (Å²) in [6, 6.07) is 2.28. The van der Waals surface area contributed by atoms with Crippen molar-refractivity contribution in [2.45, 2.75) is 44.8 Å². The van der Waals surface area contributed by atoms with Crippen molar-refractivity contribution < 1.29 is 0 Å². The van der Waals surface area contributed by atoms with Gasteiger partial charge in [0.25, 0.3) is 0 Å². The molecular weight excluding hydrogens is 244 g/mol. The molecule has 0 aliphatic carbocycles. The molecule has 1 N–H and O–H groups in total. The lowest BCUT2D eigenvalue weighted by molar-refractivity contribution is 0.479. The zero-order valence-electron chi connectivity index (χ0n) is 11.7. The van der Waals surface area contributed by atoms with Crippen LogP contribution in [0, 0.1) is 32.1 Å². The normalized spacial score (nSPS) is 14.0. The first-order valence-corrected chi connectivity index (χ1v) is 6.95. The number of rotatable bonds is 5. The largest absolute Gasteiger partial charge is 0.303 e. The maximum absolute atomic E-state index is 9.05. The molecule has 1 unspecified atom stereocenters. The minimum Gasteiger partial charge on any atom is -0.303 e. The van der Waals surface area contributed by atoms with Crippen molar-refractivity contribution >= 4 is 11.8 Å². The fourth-order valence-electron chi connectivity index (χ4n) is 1.39. The van der Waals surface area contributed by atoms with Gasteiger partial charge in [0.05, 0.1) is 6.07 Å². The van der Waals surface area contributed by atoms with Crippen LogP contribution in [0.4, 0.5) is 0 Å². The molecule has 5 heteroatoms. The molecule has 1 rings (SSSR count). The first-order chi connectivity index (χ1) is 8.41. The molecule has 0 saturated carbocycles. The Bertz CT molecular complexity index is 444. The van der Waals surface area contributed by atoms with Gasteiger partial charge in [0.2, 0.25) is 0 Å². The summed E-state index contributed by atoms with van der Waals surface area (Å²) in [4.78, 5) is 8.91. The van der Waals surface area contributed by atoms with Crippen molar-refractivity contribution in [1.82, 2.24) is 15.3 Å². The maximum Gasteiger partial charge on any atom is 0.187 e. The summed E-state index contributed by atoms with van der Waals surface area (Å²) in [6.07, 6.45) is 0.764. The SMILES string of the molecule is CNC(C)(C#N)CCSc1nc(C)c(C)c(C)n1. The first-order valence-electron chi connectivity index (χ1n) is 5.96. The Morgan fingerprint density at radius 1 is 1.28 bits per heavy atom. The lowest BCUT2D eigenvalue weighted by atomic mass is 10.0. The second-order valence-electron chi connectivity index (χ2n) is 4.59. The molecule has 0 radical (unpaired) electrons. The van der Waals surface area contributed by atoms with Gasteiger partial charge < -0.3 is 5.32 Å². The Morgan fingerprint density at radius 3 is 2.28 bits per heavy atom. The van der Waals surface area contributed by atoms with Crippen LogP contribution in [0.25, 0.3) is 0 Å². The summed E-state index contributed by atoms with van der Waals surface area (Å²) in [7, 11) is 1.81. The molecule has 0 aliphatic heterocycles. The van der Waals surface area contributed by atoms with Crippen molar-refractivity contribution in [3.8, 4) is 6.07 Å². The van der Waals surface area contributed by atoms with Gasteiger partial charge in [-0.15, -0.1) is 0 Å². The molecule has 0 bridgehead atoms. The zero-order chi connectivity index (χ0) is 13.8. The van der Waals surface area contributed by atoms with E-state index in [1.807, 2.05) is 34.7 Å². The second-order valence-corrected chi connectivity index (χ2v) is 5.66. The van der Waals surface area contributed by atoms with E-state index in [2.05, 4.69) is 21.4 Å². The number of hydrogen-bond donors (Lipinski definition) is 1. The minimum atomic E-state index is -0.470. The molecule has 98 valence electrons. The standard InChI is InChI=1S/C13H20N4S/c1-9-10(2)16-12(17-11(9)3)18-7-6-13(4,8-14)15-5/h15H,6-7H2,1-5H3. The van der Waals surface area contributed by atoms with E-state index in [0.717, 1.165) is 34.3 Å². The quantitative estimate of drug-likeness (QED) is 0.653. The van der Waals surface area contributed by atoms with Crippen LogP contribution in [-0.4, -0.2) is 28.3 Å². The molecule has 0 spiro atoms. The number of nitrogens with one attached hydrogen (secondary N) is 1. The smallest absolute Gasteiger partial charge is 0.187 e. The number of hydrogen-bond acceptors (Lipinski definition) is 5. The van der Waals surface area contributed by atoms with E-state index in [0.29, 0.717) is 0 Å². The van der Waals surface area contributed by atoms with Gasteiger partial charge in [-0.2, -0.15) is 5.26 Å². The summed E-state index contributed by atoms with van der Waals surface area (Å²) in [5, 5.41) is 12.9. The minimum absolute atomic E-state index is 0.470. The number of aryl methyl sites for hydroxylation is 2. The predicted molar refractivity (Wildman–Crippen MR) is 74.7 cm³/mol. The zero-order valence-corrected chi connectivity index (χ0v) is 12.5. The number of nitriles is 1. The monoisotopic (exact) mass is 264 g/mol. The molecule has 0 aromatic carbocycles. The highest BCUT2D eigenvalue weighted by atomic mass is 32.2. The first kappa shape index (κ1) is 14.9. The fourth-order valence-corrected chi connectivity index (χ4v) is 2.49. The summed E-state index contributed by atoms with van der Waals surface area (Å²) in [5.74, 6) is 0.826. The molecule has 0 fully saturated rings. The Balaban J connectivity index is 2.63. The predicted octanol–water partition coefficient (Wildman–Crippen LogP) is 2.39. The average molecular weight is 264 g/mol. The summed E-state index contributed by atoms with van der Waals surface area (Å²) < 4.78 is 0. The van der Waals surface area contributed by atoms with Gasteiger partial charge in [0.1, 0.15) is 5.54 Å². The summed E-state index contributed by atoms with van der Waals surface area (Å²) >= 11 is 1.60. The molecule has 4 nitrogen and oxygen atoms in total. The number of nitrogens with zero attached hydrogens (tertiary/aromatic N) is 3. The molecule has 0 saturated heterocycles. The van der Waals surface area contributed by atoms with Gasteiger partial charge >= 0.3 is 0 Å². The van der Waals surface area contributed by atoms with E-state index in [9.17, 15) is 0 Å². The molecule has 0 aliphatic rings. The summed E-state index contributed by atoms with van der Waals surface area (Å²) in [6.45, 7) is 7.94. The second kappa shape index (κ2) is 6.17. The molecule has 1 atom stereocenters. The highest BCUT2D eigenvalue weighted by Crippen LogP contribution is 2.20. The molecule has 18 heavy (non-hydrogen) atoms. The Morgan fingerprint density at radius 2 is 1.83 bits per heavy atom. The maximum atomic E-state index is 9.05. The van der Waals surface area contributed by atoms with E-state index in [4.69, 9.17) is 5.26 Å². The van der Waals surface area contributed by atoms with Crippen LogP contribution in [-0.2, 0) is 0 Å². The Labute approximate surface area is 113 Å². The van der Waals surface area contributed by atoms with Gasteiger partial charge in [-0.1, -0.05) is 11.8 Å². The lowest BCUT2D eigenvalue weighted by Crippen LogP contribution is -2.38. The van der Waals surface area contributed by atoms with E-state index in [-0.39, 0.29) is 0 Å². The van der Waals surface area contributed by atoms with Crippen molar-refractivity contribution in [2.24, 2.45) is 0 Å². The third-order valence-electron chi connectivity index (χ3n) is 3.24. The highest BCUT2D eigenvalue weighted by molar-refractivity contribution is 7.99. The lowest BCUT2D eigenvalue weighted by Gasteiger charge is -2.19. The third-order valence-corrected chi connectivity index (χ3v) is 4.09. The van der Waals surface area contributed by atoms with Gasteiger partial charge in [-0.25, -0.2) is 9.97 Å². The van der Waals surface area contributed by atoms with E-state index < -0.39 is 5.54 Å². The van der Waals surface area contributed by atoms with Gasteiger partial charge in [0.15, 0.2) is 5.16 Å². The fraction of sp³-hybridized carbons (Fsp3) is 0.615. The van der Waals surface area contributed by atoms with Crippen LogP contribution in [0.3, 0.4) is 0 Å². The van der Waals surface area contributed by atoms with Crippen molar-refractivity contribution in [2.75, 3.05) is 12.8 Å². The molecule has 0 amide bonds. The van der Waals surface area contributed by atoms with Gasteiger partial charge in [-0.05, 0) is 46.7 Å². The average Bonchev–Trinajstić information content (AvgIpc) is 2.35. The summed E-state index contributed by atoms with van der Waals surface area (Å²) in [5.41, 5.74) is 2.74. The topological polar surface area (TPSA) is 61.6 Å². The number of aromatic nitrogens is 2. The van der Waals surface area contributed by atoms with Crippen LogP contribution >= 0.6 is 11.8 Å². The number of thioether (sulfide) groups is 1. The van der Waals surface area contributed by atoms with Gasteiger partial charge in [0, 0.05) is 17.1 Å². The molecule has 1 aromatic rings. The van der Waals surface area contributed by atoms with Crippen LogP contribution < -0.4 is 5.32 Å². The van der Waals surface area contributed by atoms with Crippen molar-refractivity contribution in [1.29, 1.82) is 5.26 Å². The van der Waals surface area contributed by atoms with Crippen LogP contribution in [0.2, 0.25) is 0 Å². The van der Waals surface area contributed by atoms with Crippen molar-refractivity contribution in [3.05, 3.63) is 17.0 Å². The van der Waals surface area contributed by atoms with E-state index >= 15 is 0 Å². The molecule has 1 aromatic heterocycles. The van der Waals surface area contributed by atoms with E-state index in [1.54, 1.807) is 11.8 Å². The molecule has 1 heterocycles. The van der Waals surface area contributed by atoms with Crippen LogP contribution in [0.5, 0.6) is 0 Å². The highest BCUT2D eigenvalue weighted by Gasteiger charge is 2.20. The van der Waals surface area contributed by atoms with E-state index in [1.165, 1.54) is 0 Å². The van der Waals surface area contributed by atoms with Crippen LogP contribution in [0.1, 0.15) is 30.3 Å². The Hall–Kier alpha value is -1.12. The third kappa shape index (κ3) is 3.69. The van der Waals surface area contributed by atoms with Crippen molar-refractivity contribution in [3.63, 3.8) is 0 Å². The van der Waals surface area contributed by atoms with Crippen LogP contribution in [0.15, 0.2) is 5.16 Å².